The van der Waals surface area contributed by atoms with Gasteiger partial charge in [0.1, 0.15) is 17.5 Å². The van der Waals surface area contributed by atoms with Crippen LogP contribution in [0.5, 0.6) is 0 Å². The number of nitrogens with one attached hydrogen (secondary N) is 2. The Morgan fingerprint density at radius 2 is 1.70 bits per heavy atom. The molecular formula is C15H29N5. The Hall–Kier alpha value is -1.36. The predicted molar refractivity (Wildman–Crippen MR) is 86.6 cm³/mol. The molecule has 0 aliphatic rings. The summed E-state index contributed by atoms with van der Waals surface area (Å²) in [5.41, 5.74) is 1.10. The van der Waals surface area contributed by atoms with Crippen LogP contribution in [-0.4, -0.2) is 48.1 Å². The lowest BCUT2D eigenvalue weighted by Crippen LogP contribution is -2.25. The van der Waals surface area contributed by atoms with E-state index in [1.807, 2.05) is 0 Å². The van der Waals surface area contributed by atoms with Gasteiger partial charge in [-0.15, -0.1) is 0 Å². The highest BCUT2D eigenvalue weighted by molar-refractivity contribution is 5.57. The molecule has 114 valence electrons. The van der Waals surface area contributed by atoms with Crippen molar-refractivity contribution in [1.82, 2.24) is 14.9 Å². The van der Waals surface area contributed by atoms with Crippen LogP contribution in [0.3, 0.4) is 0 Å². The maximum Gasteiger partial charge on any atom is 0.134 e. The molecule has 0 saturated heterocycles. The lowest BCUT2D eigenvalue weighted by Gasteiger charge is -2.17. The standard InChI is InChI=1S/C15H29N5/c1-6-9-13-18-14(16-7-2)12(4)15(19-13)17-10-11-20(5)8-3/h6-11H2,1-5H3,(H2,16,17,18,19). The number of aryl methyl sites for hydroxylation is 1. The molecule has 1 rings (SSSR count). The first kappa shape index (κ1) is 16.7. The summed E-state index contributed by atoms with van der Waals surface area (Å²) in [6.07, 6.45) is 1.98. The van der Waals surface area contributed by atoms with E-state index >= 15 is 0 Å². The monoisotopic (exact) mass is 279 g/mol. The van der Waals surface area contributed by atoms with Gasteiger partial charge in [0.25, 0.3) is 0 Å². The van der Waals surface area contributed by atoms with Crippen LogP contribution in [0.2, 0.25) is 0 Å². The van der Waals surface area contributed by atoms with Gasteiger partial charge < -0.3 is 15.5 Å². The third-order valence-electron chi connectivity index (χ3n) is 3.34. The number of likely N-dealkylation sites (N-methyl/N-ethyl adjacent to an activating group) is 1. The molecular weight excluding hydrogens is 250 g/mol. The van der Waals surface area contributed by atoms with Crippen LogP contribution in [-0.2, 0) is 6.42 Å². The normalized spacial score (nSPS) is 10.9. The molecule has 2 N–H and O–H groups in total. The summed E-state index contributed by atoms with van der Waals surface area (Å²) < 4.78 is 0. The summed E-state index contributed by atoms with van der Waals surface area (Å²) in [6, 6.07) is 0. The third-order valence-corrected chi connectivity index (χ3v) is 3.34. The highest BCUT2D eigenvalue weighted by Crippen LogP contribution is 2.20. The Balaban J connectivity index is 2.81. The van der Waals surface area contributed by atoms with Crippen molar-refractivity contribution in [3.8, 4) is 0 Å². The molecule has 0 saturated carbocycles. The number of anilines is 2. The van der Waals surface area contributed by atoms with Crippen LogP contribution < -0.4 is 10.6 Å². The van der Waals surface area contributed by atoms with E-state index in [2.05, 4.69) is 60.2 Å². The highest BCUT2D eigenvalue weighted by Gasteiger charge is 2.10. The molecule has 20 heavy (non-hydrogen) atoms. The summed E-state index contributed by atoms with van der Waals surface area (Å²) in [6.45, 7) is 12.3. The van der Waals surface area contributed by atoms with E-state index < -0.39 is 0 Å². The fourth-order valence-electron chi connectivity index (χ4n) is 1.93. The average Bonchev–Trinajstić information content (AvgIpc) is 2.43. The summed E-state index contributed by atoms with van der Waals surface area (Å²) >= 11 is 0. The molecule has 0 bridgehead atoms. The number of aromatic nitrogens is 2. The fourth-order valence-corrected chi connectivity index (χ4v) is 1.93. The molecule has 0 atom stereocenters. The minimum Gasteiger partial charge on any atom is -0.370 e. The topological polar surface area (TPSA) is 53.1 Å². The first-order valence-corrected chi connectivity index (χ1v) is 7.66. The zero-order valence-corrected chi connectivity index (χ0v) is 13.6. The largest absolute Gasteiger partial charge is 0.370 e. The van der Waals surface area contributed by atoms with Gasteiger partial charge in [-0.05, 0) is 33.9 Å². The first-order valence-electron chi connectivity index (χ1n) is 7.66. The van der Waals surface area contributed by atoms with Crippen molar-refractivity contribution in [2.45, 2.75) is 40.5 Å². The van der Waals surface area contributed by atoms with Crippen LogP contribution in [0.15, 0.2) is 0 Å². The van der Waals surface area contributed by atoms with Gasteiger partial charge in [0.05, 0.1) is 0 Å². The van der Waals surface area contributed by atoms with Crippen LogP contribution in [0.4, 0.5) is 11.6 Å². The van der Waals surface area contributed by atoms with Crippen LogP contribution in [0.1, 0.15) is 38.6 Å². The van der Waals surface area contributed by atoms with Crippen molar-refractivity contribution in [2.24, 2.45) is 0 Å². The molecule has 0 fully saturated rings. The summed E-state index contributed by atoms with van der Waals surface area (Å²) in [7, 11) is 2.13. The predicted octanol–water partition coefficient (Wildman–Crippen LogP) is 2.53. The maximum atomic E-state index is 4.65. The molecule has 0 aromatic carbocycles. The van der Waals surface area contributed by atoms with Crippen LogP contribution in [0, 0.1) is 6.92 Å². The average molecular weight is 279 g/mol. The van der Waals surface area contributed by atoms with Gasteiger partial charge in [-0.2, -0.15) is 0 Å². The summed E-state index contributed by atoms with van der Waals surface area (Å²) in [5.74, 6) is 2.83. The second-order valence-electron chi connectivity index (χ2n) is 5.07. The van der Waals surface area contributed by atoms with E-state index in [4.69, 9.17) is 0 Å². The fraction of sp³-hybridized carbons (Fsp3) is 0.733. The SMILES string of the molecule is CCCc1nc(NCC)c(C)c(NCCN(C)CC)n1. The van der Waals surface area contributed by atoms with E-state index in [-0.39, 0.29) is 0 Å². The third kappa shape index (κ3) is 4.96. The van der Waals surface area contributed by atoms with Crippen LogP contribution >= 0.6 is 0 Å². The van der Waals surface area contributed by atoms with Gasteiger partial charge in [0, 0.05) is 31.6 Å². The zero-order chi connectivity index (χ0) is 15.0. The smallest absolute Gasteiger partial charge is 0.134 e. The lowest BCUT2D eigenvalue weighted by molar-refractivity contribution is 0.367. The van der Waals surface area contributed by atoms with E-state index in [9.17, 15) is 0 Å². The first-order chi connectivity index (χ1) is 9.62. The van der Waals surface area contributed by atoms with Gasteiger partial charge in [0.2, 0.25) is 0 Å². The second-order valence-corrected chi connectivity index (χ2v) is 5.07. The van der Waals surface area contributed by atoms with Gasteiger partial charge >= 0.3 is 0 Å². The van der Waals surface area contributed by atoms with Crippen LogP contribution in [0.25, 0.3) is 0 Å². The summed E-state index contributed by atoms with van der Waals surface area (Å²) in [4.78, 5) is 11.5. The van der Waals surface area contributed by atoms with Crippen molar-refractivity contribution in [2.75, 3.05) is 43.9 Å². The Bertz CT molecular complexity index is 405. The number of nitrogens with zero attached hydrogens (tertiary/aromatic N) is 3. The lowest BCUT2D eigenvalue weighted by atomic mass is 10.2. The molecule has 1 aromatic rings. The Labute approximate surface area is 123 Å². The number of rotatable bonds is 9. The van der Waals surface area contributed by atoms with Crippen molar-refractivity contribution in [1.29, 1.82) is 0 Å². The highest BCUT2D eigenvalue weighted by atomic mass is 15.1. The molecule has 0 unspecified atom stereocenters. The molecule has 1 heterocycles. The minimum absolute atomic E-state index is 0.876. The molecule has 1 aromatic heterocycles. The van der Waals surface area contributed by atoms with E-state index in [0.717, 1.165) is 62.0 Å². The van der Waals surface area contributed by atoms with Gasteiger partial charge in [-0.25, -0.2) is 9.97 Å². The molecule has 5 heteroatoms. The maximum absolute atomic E-state index is 4.65. The van der Waals surface area contributed by atoms with Crippen molar-refractivity contribution >= 4 is 11.6 Å². The number of hydrogen-bond acceptors (Lipinski definition) is 5. The van der Waals surface area contributed by atoms with Gasteiger partial charge in [-0.3, -0.25) is 0 Å². The Morgan fingerprint density at radius 1 is 1.05 bits per heavy atom. The number of hydrogen-bond donors (Lipinski definition) is 2. The molecule has 0 spiro atoms. The molecule has 5 nitrogen and oxygen atoms in total. The van der Waals surface area contributed by atoms with E-state index in [1.165, 1.54) is 0 Å². The quantitative estimate of drug-likeness (QED) is 0.727. The molecule has 0 aliphatic carbocycles. The van der Waals surface area contributed by atoms with Gasteiger partial charge in [-0.1, -0.05) is 13.8 Å². The molecule has 0 radical (unpaired) electrons. The Kier molecular flexibility index (Phi) is 7.30. The molecule has 0 amide bonds. The molecule has 0 aliphatic heterocycles. The Morgan fingerprint density at radius 3 is 2.25 bits per heavy atom. The van der Waals surface area contributed by atoms with Crippen molar-refractivity contribution < 1.29 is 0 Å². The summed E-state index contributed by atoms with van der Waals surface area (Å²) in [5, 5.41) is 6.77. The van der Waals surface area contributed by atoms with E-state index in [1.54, 1.807) is 0 Å². The second kappa shape index (κ2) is 8.74. The minimum atomic E-state index is 0.876. The zero-order valence-electron chi connectivity index (χ0n) is 13.6. The van der Waals surface area contributed by atoms with Crippen molar-refractivity contribution in [3.05, 3.63) is 11.4 Å². The van der Waals surface area contributed by atoms with E-state index in [0.29, 0.717) is 0 Å². The van der Waals surface area contributed by atoms with Gasteiger partial charge in [0.15, 0.2) is 0 Å². The van der Waals surface area contributed by atoms with Crippen molar-refractivity contribution in [3.63, 3.8) is 0 Å².